The number of aromatic nitrogens is 4. The predicted octanol–water partition coefficient (Wildman–Crippen LogP) is 4.75. The Morgan fingerprint density at radius 2 is 1.73 bits per heavy atom. The number of nitrogens with zero attached hydrogens (tertiary/aromatic N) is 4. The lowest BCUT2D eigenvalue weighted by molar-refractivity contribution is 0.127. The Kier molecular flexibility index (Phi) is 7.00. The van der Waals surface area contributed by atoms with Gasteiger partial charge in [0.25, 0.3) is 5.56 Å². The Balaban J connectivity index is 1.38. The molecule has 0 amide bonds. The number of hydrogen-bond donors (Lipinski definition) is 1. The van der Waals surface area contributed by atoms with Gasteiger partial charge in [0.1, 0.15) is 17.1 Å². The van der Waals surface area contributed by atoms with E-state index in [1.807, 2.05) is 80.7 Å². The highest BCUT2D eigenvalue weighted by molar-refractivity contribution is 5.81. The van der Waals surface area contributed by atoms with E-state index < -0.39 is 0 Å². The summed E-state index contributed by atoms with van der Waals surface area (Å²) < 4.78 is 13.2. The van der Waals surface area contributed by atoms with Gasteiger partial charge in [-0.1, -0.05) is 48.5 Å². The Morgan fingerprint density at radius 3 is 2.46 bits per heavy atom. The first kappa shape index (κ1) is 24.3. The van der Waals surface area contributed by atoms with Crippen molar-refractivity contribution in [3.63, 3.8) is 0 Å². The van der Waals surface area contributed by atoms with E-state index in [2.05, 4.69) is 27.1 Å². The highest BCUT2D eigenvalue weighted by Gasteiger charge is 2.18. The molecule has 188 valence electrons. The fraction of sp³-hybridized carbons (Fsp3) is 0.207. The number of benzene rings is 3. The maximum Gasteiger partial charge on any atom is 0.277 e. The third-order valence-corrected chi connectivity index (χ3v) is 6.26. The van der Waals surface area contributed by atoms with E-state index in [0.29, 0.717) is 53.6 Å². The quantitative estimate of drug-likeness (QED) is 0.297. The average molecular weight is 496 g/mol. The number of anilines is 1. The Labute approximate surface area is 215 Å². The highest BCUT2D eigenvalue weighted by Crippen LogP contribution is 2.32. The number of aryl methyl sites for hydroxylation is 1. The van der Waals surface area contributed by atoms with E-state index in [1.165, 1.54) is 0 Å². The molecular formula is C29H29N5O3. The molecule has 2 heterocycles. The van der Waals surface area contributed by atoms with Crippen LogP contribution in [0.4, 0.5) is 5.69 Å². The van der Waals surface area contributed by atoms with Crippen molar-refractivity contribution in [2.75, 3.05) is 32.2 Å². The van der Waals surface area contributed by atoms with Crippen LogP contribution in [-0.2, 0) is 11.3 Å². The van der Waals surface area contributed by atoms with Crippen molar-refractivity contribution >= 4 is 16.7 Å². The van der Waals surface area contributed by atoms with E-state index in [-0.39, 0.29) is 5.56 Å². The van der Waals surface area contributed by atoms with Gasteiger partial charge in [-0.15, -0.1) is 0 Å². The summed E-state index contributed by atoms with van der Waals surface area (Å²) in [4.78, 5) is 23.0. The minimum atomic E-state index is -0.261. The topological polar surface area (TPSA) is 85.3 Å². The van der Waals surface area contributed by atoms with Crippen LogP contribution in [0.15, 0.2) is 83.7 Å². The summed E-state index contributed by atoms with van der Waals surface area (Å²) in [6.45, 7) is 3.74. The van der Waals surface area contributed by atoms with Crippen LogP contribution in [0, 0.1) is 6.92 Å². The van der Waals surface area contributed by atoms with Gasteiger partial charge in [0.2, 0.25) is 0 Å². The molecular weight excluding hydrogens is 466 g/mol. The smallest absolute Gasteiger partial charge is 0.277 e. The second-order valence-electron chi connectivity index (χ2n) is 8.79. The normalized spacial score (nSPS) is 11.1. The summed E-state index contributed by atoms with van der Waals surface area (Å²) in [5, 5.41) is 4.57. The number of ether oxygens (including phenoxy) is 2. The molecule has 8 nitrogen and oxygen atoms in total. The van der Waals surface area contributed by atoms with Crippen LogP contribution in [0.3, 0.4) is 0 Å². The molecule has 0 radical (unpaired) electrons. The molecule has 5 rings (SSSR count). The number of hydrogen-bond acceptors (Lipinski definition) is 6. The molecule has 0 spiro atoms. The van der Waals surface area contributed by atoms with E-state index in [9.17, 15) is 4.79 Å². The van der Waals surface area contributed by atoms with Crippen LogP contribution in [0.1, 0.15) is 11.3 Å². The van der Waals surface area contributed by atoms with Gasteiger partial charge in [0.05, 0.1) is 37.3 Å². The second kappa shape index (κ2) is 10.7. The third-order valence-electron chi connectivity index (χ3n) is 6.26. The lowest BCUT2D eigenvalue weighted by atomic mass is 10.1. The van der Waals surface area contributed by atoms with Crippen molar-refractivity contribution in [2.45, 2.75) is 13.5 Å². The molecule has 8 heteroatoms. The number of nitrogens with one attached hydrogen (secondary N) is 1. The molecule has 5 aromatic rings. The van der Waals surface area contributed by atoms with Crippen LogP contribution < -0.4 is 15.2 Å². The Bertz CT molecular complexity index is 1560. The molecule has 0 atom stereocenters. The number of aromatic amines is 1. The monoisotopic (exact) mass is 495 g/mol. The van der Waals surface area contributed by atoms with Crippen molar-refractivity contribution in [3.8, 4) is 22.8 Å². The minimum Gasteiger partial charge on any atom is -0.496 e. The Morgan fingerprint density at radius 1 is 1.00 bits per heavy atom. The first-order chi connectivity index (χ1) is 18.0. The molecule has 0 saturated carbocycles. The van der Waals surface area contributed by atoms with Crippen LogP contribution in [-0.4, -0.2) is 47.1 Å². The standard InChI is InChI=1S/C29H29N5O3/c1-20-26-27(34(32-20)22-12-8-5-9-13-22)29(35)31-28(30-26)24-15-14-23(18-25(24)36-3)33(2)16-17-37-19-21-10-6-4-7-11-21/h4-15,18H,16-17,19H2,1-3H3,(H,30,31,35). The van der Waals surface area contributed by atoms with Crippen molar-refractivity contribution in [3.05, 3.63) is 100 Å². The van der Waals surface area contributed by atoms with Gasteiger partial charge in [-0.25, -0.2) is 9.67 Å². The van der Waals surface area contributed by atoms with Gasteiger partial charge in [-0.2, -0.15) is 5.10 Å². The fourth-order valence-electron chi connectivity index (χ4n) is 4.25. The van der Waals surface area contributed by atoms with Crippen molar-refractivity contribution in [2.24, 2.45) is 0 Å². The van der Waals surface area contributed by atoms with Crippen LogP contribution >= 0.6 is 0 Å². The van der Waals surface area contributed by atoms with Gasteiger partial charge in [-0.3, -0.25) is 4.79 Å². The van der Waals surface area contributed by atoms with E-state index in [4.69, 9.17) is 14.5 Å². The third kappa shape index (κ3) is 5.10. The molecule has 0 aliphatic heterocycles. The van der Waals surface area contributed by atoms with E-state index in [1.54, 1.807) is 11.8 Å². The van der Waals surface area contributed by atoms with Crippen LogP contribution in [0.25, 0.3) is 28.1 Å². The Hall–Kier alpha value is -4.43. The van der Waals surface area contributed by atoms with Crippen molar-refractivity contribution in [1.29, 1.82) is 0 Å². The zero-order valence-corrected chi connectivity index (χ0v) is 21.1. The lowest BCUT2D eigenvalue weighted by Gasteiger charge is -2.21. The molecule has 0 saturated heterocycles. The largest absolute Gasteiger partial charge is 0.496 e. The maximum absolute atomic E-state index is 13.2. The molecule has 2 aromatic heterocycles. The van der Waals surface area contributed by atoms with E-state index >= 15 is 0 Å². The first-order valence-electron chi connectivity index (χ1n) is 12.1. The number of likely N-dealkylation sites (N-methyl/N-ethyl adjacent to an activating group) is 1. The van der Waals surface area contributed by atoms with Crippen molar-refractivity contribution < 1.29 is 9.47 Å². The predicted molar refractivity (Wildman–Crippen MR) is 146 cm³/mol. The summed E-state index contributed by atoms with van der Waals surface area (Å²) in [7, 11) is 3.62. The summed E-state index contributed by atoms with van der Waals surface area (Å²) in [5.41, 5.74) is 5.02. The van der Waals surface area contributed by atoms with Crippen LogP contribution in [0.5, 0.6) is 5.75 Å². The zero-order valence-electron chi connectivity index (χ0n) is 21.1. The van der Waals surface area contributed by atoms with Gasteiger partial charge in [0.15, 0.2) is 5.52 Å². The highest BCUT2D eigenvalue weighted by atomic mass is 16.5. The van der Waals surface area contributed by atoms with Gasteiger partial charge in [0, 0.05) is 25.3 Å². The molecule has 1 N–H and O–H groups in total. The van der Waals surface area contributed by atoms with Crippen LogP contribution in [0.2, 0.25) is 0 Å². The SMILES string of the molecule is COc1cc(N(C)CCOCc2ccccc2)ccc1-c1nc2c(C)nn(-c3ccccc3)c2c(=O)[nH]1. The first-order valence-corrected chi connectivity index (χ1v) is 12.1. The minimum absolute atomic E-state index is 0.261. The molecule has 0 fully saturated rings. The summed E-state index contributed by atoms with van der Waals surface area (Å²) >= 11 is 0. The number of H-pyrrole nitrogens is 1. The van der Waals surface area contributed by atoms with E-state index in [0.717, 1.165) is 16.9 Å². The molecule has 0 aliphatic carbocycles. The molecule has 0 aliphatic rings. The van der Waals surface area contributed by atoms with Gasteiger partial charge < -0.3 is 19.4 Å². The molecule has 3 aromatic carbocycles. The average Bonchev–Trinajstić information content (AvgIpc) is 3.28. The summed E-state index contributed by atoms with van der Waals surface area (Å²) in [5.74, 6) is 1.05. The summed E-state index contributed by atoms with van der Waals surface area (Å²) in [6, 6.07) is 25.5. The summed E-state index contributed by atoms with van der Waals surface area (Å²) in [6.07, 6.45) is 0. The number of fused-ring (bicyclic) bond motifs is 1. The lowest BCUT2D eigenvalue weighted by Crippen LogP contribution is -2.22. The van der Waals surface area contributed by atoms with Gasteiger partial charge in [-0.05, 0) is 36.8 Å². The fourth-order valence-corrected chi connectivity index (χ4v) is 4.25. The molecule has 0 bridgehead atoms. The molecule has 37 heavy (non-hydrogen) atoms. The molecule has 0 unspecified atom stereocenters. The second-order valence-corrected chi connectivity index (χ2v) is 8.79. The number of methoxy groups -OCH3 is 1. The number of para-hydroxylation sites is 1. The van der Waals surface area contributed by atoms with Gasteiger partial charge >= 0.3 is 0 Å². The van der Waals surface area contributed by atoms with Crippen molar-refractivity contribution in [1.82, 2.24) is 19.7 Å². The zero-order chi connectivity index (χ0) is 25.8. The number of rotatable bonds is 9. The maximum atomic E-state index is 13.2.